The van der Waals surface area contributed by atoms with Crippen LogP contribution in [0, 0.1) is 6.92 Å². The number of aromatic nitrogens is 1. The molecule has 0 spiro atoms. The second kappa shape index (κ2) is 8.01. The van der Waals surface area contributed by atoms with Crippen LogP contribution in [0.3, 0.4) is 0 Å². The molecule has 0 saturated carbocycles. The third-order valence-electron chi connectivity index (χ3n) is 3.63. The van der Waals surface area contributed by atoms with Gasteiger partial charge in [-0.15, -0.1) is 11.3 Å². The minimum absolute atomic E-state index is 0.276. The summed E-state index contributed by atoms with van der Waals surface area (Å²) in [6.07, 6.45) is 1.90. The summed E-state index contributed by atoms with van der Waals surface area (Å²) >= 11 is 1.60. The Morgan fingerprint density at radius 2 is 1.79 bits per heavy atom. The number of benzene rings is 1. The van der Waals surface area contributed by atoms with Gasteiger partial charge in [-0.1, -0.05) is 0 Å². The molecule has 1 amide bonds. The van der Waals surface area contributed by atoms with Gasteiger partial charge in [0.2, 0.25) is 11.7 Å². The maximum absolute atomic E-state index is 10.9. The van der Waals surface area contributed by atoms with E-state index in [1.165, 1.54) is 0 Å². The van der Waals surface area contributed by atoms with Crippen LogP contribution in [0.2, 0.25) is 0 Å². The molecule has 0 bridgehead atoms. The van der Waals surface area contributed by atoms with Gasteiger partial charge in [0.25, 0.3) is 0 Å². The van der Waals surface area contributed by atoms with Crippen LogP contribution in [0.5, 0.6) is 17.2 Å². The molecule has 0 aliphatic rings. The van der Waals surface area contributed by atoms with Crippen molar-refractivity contribution in [3.63, 3.8) is 0 Å². The van der Waals surface area contributed by atoms with Crippen molar-refractivity contribution in [1.29, 1.82) is 0 Å². The lowest BCUT2D eigenvalue weighted by atomic mass is 10.2. The van der Waals surface area contributed by atoms with E-state index in [1.807, 2.05) is 19.1 Å². The number of nitrogens with zero attached hydrogens (tertiary/aromatic N) is 1. The zero-order chi connectivity index (χ0) is 17.7. The van der Waals surface area contributed by atoms with E-state index in [4.69, 9.17) is 19.9 Å². The lowest BCUT2D eigenvalue weighted by Gasteiger charge is -2.13. The first-order valence-corrected chi connectivity index (χ1v) is 8.36. The standard InChI is InChI=1S/C17H22N2O4S/c1-10-14(6-5-7-15(18)20)24-17(19-10)11-8-12(21-2)16(23-4)13(9-11)22-3/h8-9H,5-7H2,1-4H3,(H2,18,20). The van der Waals surface area contributed by atoms with Crippen molar-refractivity contribution in [2.45, 2.75) is 26.2 Å². The van der Waals surface area contributed by atoms with E-state index >= 15 is 0 Å². The smallest absolute Gasteiger partial charge is 0.217 e. The molecule has 1 aromatic heterocycles. The summed E-state index contributed by atoms with van der Waals surface area (Å²) in [4.78, 5) is 16.7. The Balaban J connectivity index is 2.33. The van der Waals surface area contributed by atoms with Crippen LogP contribution in [-0.4, -0.2) is 32.2 Å². The topological polar surface area (TPSA) is 83.7 Å². The summed E-state index contributed by atoms with van der Waals surface area (Å²) in [5, 5.41) is 0.876. The van der Waals surface area contributed by atoms with Gasteiger partial charge in [-0.3, -0.25) is 4.79 Å². The fraction of sp³-hybridized carbons (Fsp3) is 0.412. The minimum atomic E-state index is -0.276. The second-order valence-electron chi connectivity index (χ2n) is 5.26. The Bertz CT molecular complexity index is 702. The van der Waals surface area contributed by atoms with Crippen molar-refractivity contribution in [1.82, 2.24) is 4.98 Å². The molecule has 0 unspecified atom stereocenters. The molecule has 2 aromatic rings. The number of carbonyl (C=O) groups excluding carboxylic acids is 1. The zero-order valence-corrected chi connectivity index (χ0v) is 15.2. The predicted octanol–water partition coefficient (Wildman–Crippen LogP) is 2.95. The fourth-order valence-electron chi connectivity index (χ4n) is 2.41. The van der Waals surface area contributed by atoms with Crippen LogP contribution in [0.15, 0.2) is 12.1 Å². The molecule has 0 radical (unpaired) electrons. The number of methoxy groups -OCH3 is 3. The lowest BCUT2D eigenvalue weighted by Crippen LogP contribution is -2.10. The van der Waals surface area contributed by atoms with E-state index in [0.29, 0.717) is 23.7 Å². The normalized spacial score (nSPS) is 10.5. The van der Waals surface area contributed by atoms with Crippen LogP contribution in [0.25, 0.3) is 10.6 Å². The third kappa shape index (κ3) is 3.97. The number of rotatable bonds is 8. The molecular formula is C17H22N2O4S. The quantitative estimate of drug-likeness (QED) is 0.791. The molecule has 7 heteroatoms. The molecular weight excluding hydrogens is 328 g/mol. The average Bonchev–Trinajstić information content (AvgIpc) is 2.94. The molecule has 1 aromatic carbocycles. The lowest BCUT2D eigenvalue weighted by molar-refractivity contribution is -0.118. The van der Waals surface area contributed by atoms with Crippen LogP contribution in [0.4, 0.5) is 0 Å². The predicted molar refractivity (Wildman–Crippen MR) is 94.1 cm³/mol. The maximum atomic E-state index is 10.9. The average molecular weight is 350 g/mol. The Morgan fingerprint density at radius 1 is 1.17 bits per heavy atom. The van der Waals surface area contributed by atoms with Crippen molar-refractivity contribution in [2.75, 3.05) is 21.3 Å². The Kier molecular flexibility index (Phi) is 6.03. The summed E-state index contributed by atoms with van der Waals surface area (Å²) in [5.41, 5.74) is 7.06. The molecule has 2 N–H and O–H groups in total. The van der Waals surface area contributed by atoms with E-state index in [9.17, 15) is 4.79 Å². The molecule has 0 fully saturated rings. The molecule has 0 aliphatic heterocycles. The minimum Gasteiger partial charge on any atom is -0.493 e. The van der Waals surface area contributed by atoms with Crippen LogP contribution in [0.1, 0.15) is 23.4 Å². The number of hydrogen-bond acceptors (Lipinski definition) is 6. The van der Waals surface area contributed by atoms with Gasteiger partial charge in [-0.05, 0) is 31.9 Å². The Labute approximate surface area is 145 Å². The summed E-state index contributed by atoms with van der Waals surface area (Å²) < 4.78 is 16.1. The number of hydrogen-bond donors (Lipinski definition) is 1. The summed E-state index contributed by atoms with van der Waals surface area (Å²) in [6, 6.07) is 3.76. The van der Waals surface area contributed by atoms with Crippen LogP contribution >= 0.6 is 11.3 Å². The molecule has 0 aliphatic carbocycles. The molecule has 130 valence electrons. The number of carbonyl (C=O) groups is 1. The highest BCUT2D eigenvalue weighted by Crippen LogP contribution is 2.42. The van der Waals surface area contributed by atoms with Gasteiger partial charge in [0.05, 0.1) is 27.0 Å². The van der Waals surface area contributed by atoms with Crippen molar-refractivity contribution >= 4 is 17.2 Å². The van der Waals surface area contributed by atoms with Crippen molar-refractivity contribution in [2.24, 2.45) is 5.73 Å². The molecule has 0 saturated heterocycles. The van der Waals surface area contributed by atoms with E-state index in [1.54, 1.807) is 32.7 Å². The maximum Gasteiger partial charge on any atom is 0.217 e. The summed E-state index contributed by atoms with van der Waals surface area (Å²) in [6.45, 7) is 1.97. The number of amides is 1. The van der Waals surface area contributed by atoms with Crippen LogP contribution < -0.4 is 19.9 Å². The highest BCUT2D eigenvalue weighted by molar-refractivity contribution is 7.15. The number of primary amides is 1. The van der Waals surface area contributed by atoms with Gasteiger partial charge in [0.1, 0.15) is 5.01 Å². The highest BCUT2D eigenvalue weighted by Gasteiger charge is 2.17. The Hall–Kier alpha value is -2.28. The molecule has 1 heterocycles. The largest absolute Gasteiger partial charge is 0.493 e. The first kappa shape index (κ1) is 18.1. The first-order chi connectivity index (χ1) is 11.5. The SMILES string of the molecule is COc1cc(-c2nc(C)c(CCCC(N)=O)s2)cc(OC)c1OC. The summed E-state index contributed by atoms with van der Waals surface area (Å²) in [7, 11) is 4.75. The highest BCUT2D eigenvalue weighted by atomic mass is 32.1. The zero-order valence-electron chi connectivity index (χ0n) is 14.3. The molecule has 0 atom stereocenters. The van der Waals surface area contributed by atoms with Crippen LogP contribution in [-0.2, 0) is 11.2 Å². The van der Waals surface area contributed by atoms with Crippen molar-refractivity contribution < 1.29 is 19.0 Å². The second-order valence-corrected chi connectivity index (χ2v) is 6.35. The molecule has 6 nitrogen and oxygen atoms in total. The number of aryl methyl sites for hydroxylation is 2. The number of nitrogens with two attached hydrogens (primary N) is 1. The van der Waals surface area contributed by atoms with Gasteiger partial charge in [-0.2, -0.15) is 0 Å². The van der Waals surface area contributed by atoms with Gasteiger partial charge in [0, 0.05) is 16.9 Å². The Morgan fingerprint density at radius 3 is 2.29 bits per heavy atom. The third-order valence-corrected chi connectivity index (χ3v) is 4.90. The molecule has 2 rings (SSSR count). The van der Waals surface area contributed by atoms with Gasteiger partial charge in [0.15, 0.2) is 11.5 Å². The van der Waals surface area contributed by atoms with E-state index in [2.05, 4.69) is 4.98 Å². The van der Waals surface area contributed by atoms with Crippen molar-refractivity contribution in [3.05, 3.63) is 22.7 Å². The number of ether oxygens (including phenoxy) is 3. The van der Waals surface area contributed by atoms with E-state index in [-0.39, 0.29) is 5.91 Å². The monoisotopic (exact) mass is 350 g/mol. The van der Waals surface area contributed by atoms with E-state index < -0.39 is 0 Å². The molecule has 24 heavy (non-hydrogen) atoms. The van der Waals surface area contributed by atoms with Gasteiger partial charge < -0.3 is 19.9 Å². The van der Waals surface area contributed by atoms with Gasteiger partial charge in [-0.25, -0.2) is 4.98 Å². The number of thiazole rings is 1. The summed E-state index contributed by atoms with van der Waals surface area (Å²) in [5.74, 6) is 1.46. The fourth-order valence-corrected chi connectivity index (χ4v) is 3.50. The van der Waals surface area contributed by atoms with Gasteiger partial charge >= 0.3 is 0 Å². The van der Waals surface area contributed by atoms with E-state index in [0.717, 1.165) is 34.0 Å². The first-order valence-electron chi connectivity index (χ1n) is 7.55. The van der Waals surface area contributed by atoms with Crippen molar-refractivity contribution in [3.8, 4) is 27.8 Å².